The average molecular weight is 301 g/mol. The highest BCUT2D eigenvalue weighted by Gasteiger charge is 2.21. The van der Waals surface area contributed by atoms with Crippen molar-refractivity contribution in [1.82, 2.24) is 9.97 Å². The highest BCUT2D eigenvalue weighted by Crippen LogP contribution is 2.39. The summed E-state index contributed by atoms with van der Waals surface area (Å²) in [5, 5.41) is 6.60. The van der Waals surface area contributed by atoms with Crippen molar-refractivity contribution in [1.29, 1.82) is 0 Å². The van der Waals surface area contributed by atoms with Gasteiger partial charge in [0.15, 0.2) is 5.82 Å². The number of hydrogen-bond acceptors (Lipinski definition) is 5. The van der Waals surface area contributed by atoms with Crippen molar-refractivity contribution in [3.05, 3.63) is 28.0 Å². The third-order valence-electron chi connectivity index (χ3n) is 3.79. The van der Waals surface area contributed by atoms with Gasteiger partial charge in [0.25, 0.3) is 0 Å². The molecule has 3 aromatic heterocycles. The molecule has 0 fully saturated rings. The topological polar surface area (TPSA) is 37.8 Å². The fraction of sp³-hybridized carbons (Fsp3) is 0.333. The lowest BCUT2D eigenvalue weighted by Crippen LogP contribution is -2.01. The summed E-state index contributed by atoms with van der Waals surface area (Å²) in [5.74, 6) is 1.83. The van der Waals surface area contributed by atoms with Crippen LogP contribution in [-0.4, -0.2) is 17.0 Å². The Morgan fingerprint density at radius 3 is 2.90 bits per heavy atom. The van der Waals surface area contributed by atoms with Gasteiger partial charge in [0.2, 0.25) is 0 Å². The van der Waals surface area contributed by atoms with Gasteiger partial charge in [0, 0.05) is 11.9 Å². The van der Waals surface area contributed by atoms with Crippen LogP contribution in [0.5, 0.6) is 0 Å². The van der Waals surface area contributed by atoms with Crippen LogP contribution in [0.15, 0.2) is 17.5 Å². The van der Waals surface area contributed by atoms with Gasteiger partial charge in [-0.25, -0.2) is 9.97 Å². The van der Waals surface area contributed by atoms with Crippen LogP contribution in [0.3, 0.4) is 0 Å². The van der Waals surface area contributed by atoms with Gasteiger partial charge in [-0.05, 0) is 42.7 Å². The van der Waals surface area contributed by atoms with Gasteiger partial charge in [-0.15, -0.1) is 22.7 Å². The predicted octanol–water partition coefficient (Wildman–Crippen LogP) is 4.34. The second-order valence-electron chi connectivity index (χ2n) is 5.01. The minimum absolute atomic E-state index is 0.843. The first-order chi connectivity index (χ1) is 9.86. The Kier molecular flexibility index (Phi) is 2.97. The first kappa shape index (κ1) is 12.3. The van der Waals surface area contributed by atoms with Crippen LogP contribution >= 0.6 is 22.7 Å². The Morgan fingerprint density at radius 1 is 1.20 bits per heavy atom. The molecule has 5 heteroatoms. The number of aromatic nitrogens is 2. The smallest absolute Gasteiger partial charge is 0.173 e. The van der Waals surface area contributed by atoms with E-state index in [0.717, 1.165) is 21.3 Å². The minimum atomic E-state index is 0.843. The van der Waals surface area contributed by atoms with Crippen molar-refractivity contribution >= 4 is 38.7 Å². The third kappa shape index (κ3) is 1.84. The monoisotopic (exact) mass is 301 g/mol. The van der Waals surface area contributed by atoms with Gasteiger partial charge < -0.3 is 5.32 Å². The van der Waals surface area contributed by atoms with E-state index in [4.69, 9.17) is 9.97 Å². The lowest BCUT2D eigenvalue weighted by atomic mass is 9.97. The zero-order valence-electron chi connectivity index (χ0n) is 11.3. The predicted molar refractivity (Wildman–Crippen MR) is 86.9 cm³/mol. The van der Waals surface area contributed by atoms with Crippen LogP contribution in [-0.2, 0) is 12.8 Å². The van der Waals surface area contributed by atoms with Crippen LogP contribution in [0.1, 0.15) is 23.3 Å². The Bertz CT molecular complexity index is 759. The van der Waals surface area contributed by atoms with Crippen molar-refractivity contribution in [2.24, 2.45) is 0 Å². The summed E-state index contributed by atoms with van der Waals surface area (Å²) in [7, 11) is 1.95. The number of nitrogens with zero attached hydrogens (tertiary/aromatic N) is 2. The molecule has 0 spiro atoms. The maximum Gasteiger partial charge on any atom is 0.173 e. The molecule has 0 unspecified atom stereocenters. The standard InChI is InChI=1S/C15H15N3S2/c1-16-14-12-9-5-2-3-6-10(9)20-15(12)18-13(17-14)11-7-4-8-19-11/h4,7-8H,2-3,5-6H2,1H3,(H,16,17,18). The molecule has 0 atom stereocenters. The fourth-order valence-electron chi connectivity index (χ4n) is 2.85. The van der Waals surface area contributed by atoms with Gasteiger partial charge in [-0.1, -0.05) is 6.07 Å². The molecular weight excluding hydrogens is 286 g/mol. The highest BCUT2D eigenvalue weighted by atomic mass is 32.1. The molecule has 4 rings (SSSR count). The minimum Gasteiger partial charge on any atom is -0.372 e. The lowest BCUT2D eigenvalue weighted by Gasteiger charge is -2.11. The molecule has 1 aliphatic carbocycles. The Labute approximate surface area is 125 Å². The quantitative estimate of drug-likeness (QED) is 0.765. The largest absolute Gasteiger partial charge is 0.372 e. The van der Waals surface area contributed by atoms with Crippen LogP contribution in [0.25, 0.3) is 20.9 Å². The molecule has 0 bridgehead atoms. The number of thiophene rings is 2. The van der Waals surface area contributed by atoms with E-state index in [-0.39, 0.29) is 0 Å². The number of nitrogens with one attached hydrogen (secondary N) is 1. The van der Waals surface area contributed by atoms with E-state index < -0.39 is 0 Å². The third-order valence-corrected chi connectivity index (χ3v) is 5.84. The Morgan fingerprint density at radius 2 is 2.10 bits per heavy atom. The SMILES string of the molecule is CNc1nc(-c2cccs2)nc2sc3c(c12)CCCC3. The van der Waals surface area contributed by atoms with E-state index in [1.54, 1.807) is 11.3 Å². The zero-order valence-corrected chi connectivity index (χ0v) is 12.9. The summed E-state index contributed by atoms with van der Waals surface area (Å²) in [6, 6.07) is 4.13. The first-order valence-corrected chi connectivity index (χ1v) is 8.60. The summed E-state index contributed by atoms with van der Waals surface area (Å²) in [6.45, 7) is 0. The Hall–Kier alpha value is -1.46. The molecular formula is C15H15N3S2. The fourth-order valence-corrected chi connectivity index (χ4v) is 4.77. The number of anilines is 1. The summed E-state index contributed by atoms with van der Waals surface area (Å²) in [4.78, 5) is 13.3. The number of hydrogen-bond donors (Lipinski definition) is 1. The van der Waals surface area contributed by atoms with Gasteiger partial charge in [0.1, 0.15) is 10.6 Å². The summed E-state index contributed by atoms with van der Waals surface area (Å²) in [5.41, 5.74) is 1.48. The molecule has 3 nitrogen and oxygen atoms in total. The normalized spacial score (nSPS) is 14.4. The molecule has 20 heavy (non-hydrogen) atoms. The Balaban J connectivity index is 1.99. The second-order valence-corrected chi connectivity index (χ2v) is 7.05. The van der Waals surface area contributed by atoms with Crippen molar-refractivity contribution in [2.45, 2.75) is 25.7 Å². The van der Waals surface area contributed by atoms with Crippen molar-refractivity contribution in [3.8, 4) is 10.7 Å². The lowest BCUT2D eigenvalue weighted by molar-refractivity contribution is 0.700. The maximum atomic E-state index is 4.81. The number of fused-ring (bicyclic) bond motifs is 3. The van der Waals surface area contributed by atoms with Crippen molar-refractivity contribution in [2.75, 3.05) is 12.4 Å². The molecule has 102 valence electrons. The van der Waals surface area contributed by atoms with Gasteiger partial charge in [0.05, 0.1) is 10.3 Å². The van der Waals surface area contributed by atoms with E-state index >= 15 is 0 Å². The molecule has 0 radical (unpaired) electrons. The van der Waals surface area contributed by atoms with Crippen molar-refractivity contribution in [3.63, 3.8) is 0 Å². The molecule has 0 amide bonds. The molecule has 3 heterocycles. The molecule has 0 aliphatic heterocycles. The summed E-state index contributed by atoms with van der Waals surface area (Å²) >= 11 is 3.54. The van der Waals surface area contributed by atoms with Gasteiger partial charge in [-0.2, -0.15) is 0 Å². The molecule has 0 aromatic carbocycles. The van der Waals surface area contributed by atoms with Gasteiger partial charge in [-0.3, -0.25) is 0 Å². The van der Waals surface area contributed by atoms with E-state index in [2.05, 4.69) is 16.8 Å². The highest BCUT2D eigenvalue weighted by molar-refractivity contribution is 7.19. The second kappa shape index (κ2) is 4.82. The number of rotatable bonds is 2. The average Bonchev–Trinajstić information content (AvgIpc) is 3.13. The van der Waals surface area contributed by atoms with Crippen LogP contribution in [0.2, 0.25) is 0 Å². The summed E-state index contributed by atoms with van der Waals surface area (Å²) in [6.07, 6.45) is 4.97. The van der Waals surface area contributed by atoms with E-state index in [1.165, 1.54) is 41.5 Å². The molecule has 0 saturated heterocycles. The first-order valence-electron chi connectivity index (χ1n) is 6.90. The molecule has 1 aliphatic rings. The molecule has 0 saturated carbocycles. The summed E-state index contributed by atoms with van der Waals surface area (Å²) < 4.78 is 0. The van der Waals surface area contributed by atoms with E-state index in [0.29, 0.717) is 0 Å². The van der Waals surface area contributed by atoms with E-state index in [9.17, 15) is 0 Å². The van der Waals surface area contributed by atoms with Crippen LogP contribution in [0, 0.1) is 0 Å². The molecule has 1 N–H and O–H groups in total. The van der Waals surface area contributed by atoms with Crippen molar-refractivity contribution < 1.29 is 0 Å². The molecule has 3 aromatic rings. The zero-order chi connectivity index (χ0) is 13.5. The van der Waals surface area contributed by atoms with Crippen LogP contribution in [0.4, 0.5) is 5.82 Å². The van der Waals surface area contributed by atoms with Crippen LogP contribution < -0.4 is 5.32 Å². The maximum absolute atomic E-state index is 4.81. The van der Waals surface area contributed by atoms with E-state index in [1.807, 2.05) is 24.5 Å². The number of aryl methyl sites for hydroxylation is 2. The van der Waals surface area contributed by atoms with Gasteiger partial charge >= 0.3 is 0 Å².